The molecular formula is C31H38N6O5. The van der Waals surface area contributed by atoms with Crippen LogP contribution in [0.1, 0.15) is 61.1 Å². The van der Waals surface area contributed by atoms with Crippen LogP contribution in [0.25, 0.3) is 5.69 Å². The third kappa shape index (κ3) is 6.79. The maximum Gasteiger partial charge on any atom is 0.410 e. The molecule has 3 heterocycles. The summed E-state index contributed by atoms with van der Waals surface area (Å²) >= 11 is 0. The van der Waals surface area contributed by atoms with Gasteiger partial charge in [-0.05, 0) is 51.3 Å². The lowest BCUT2D eigenvalue weighted by molar-refractivity contribution is -0.384. The number of nitro benzene ring substituents is 1. The zero-order valence-electron chi connectivity index (χ0n) is 24.4. The van der Waals surface area contributed by atoms with Crippen molar-refractivity contribution in [3.8, 4) is 5.69 Å². The Morgan fingerprint density at radius 2 is 1.57 bits per heavy atom. The highest BCUT2D eigenvalue weighted by molar-refractivity contribution is 5.95. The summed E-state index contributed by atoms with van der Waals surface area (Å²) in [4.78, 5) is 43.3. The minimum Gasteiger partial charge on any atom is -0.444 e. The SMILES string of the molecule is CC(C)(C)OC(=O)N1CCC(c2c(C(=O)N3CCN(Cc4ccccc4)CC3)cnn2-c2ccc([N+](=O)[O-])cc2)CC1. The van der Waals surface area contributed by atoms with Crippen molar-refractivity contribution in [3.05, 3.63) is 87.7 Å². The first-order valence-corrected chi connectivity index (χ1v) is 14.5. The topological polar surface area (TPSA) is 114 Å². The van der Waals surface area contributed by atoms with Gasteiger partial charge in [0.1, 0.15) is 5.60 Å². The van der Waals surface area contributed by atoms with Crippen molar-refractivity contribution in [1.82, 2.24) is 24.5 Å². The van der Waals surface area contributed by atoms with Crippen LogP contribution in [0.3, 0.4) is 0 Å². The molecule has 11 nitrogen and oxygen atoms in total. The number of hydrogen-bond acceptors (Lipinski definition) is 7. The molecule has 0 saturated carbocycles. The number of carbonyl (C=O) groups excluding carboxylic acids is 2. The van der Waals surface area contributed by atoms with E-state index in [0.29, 0.717) is 50.3 Å². The predicted molar refractivity (Wildman–Crippen MR) is 158 cm³/mol. The third-order valence-corrected chi connectivity index (χ3v) is 7.78. The van der Waals surface area contributed by atoms with Crippen LogP contribution in [0.2, 0.25) is 0 Å². The highest BCUT2D eigenvalue weighted by atomic mass is 16.6. The summed E-state index contributed by atoms with van der Waals surface area (Å²) in [7, 11) is 0. The van der Waals surface area contributed by atoms with Gasteiger partial charge in [0.05, 0.1) is 28.1 Å². The molecule has 2 saturated heterocycles. The van der Waals surface area contributed by atoms with Gasteiger partial charge in [0.25, 0.3) is 11.6 Å². The molecule has 0 radical (unpaired) electrons. The first-order chi connectivity index (χ1) is 20.1. The van der Waals surface area contributed by atoms with Crippen LogP contribution in [0.15, 0.2) is 60.8 Å². The molecular weight excluding hydrogens is 536 g/mol. The Labute approximate surface area is 245 Å². The van der Waals surface area contributed by atoms with Gasteiger partial charge in [0, 0.05) is 63.9 Å². The molecule has 5 rings (SSSR count). The molecule has 0 atom stereocenters. The monoisotopic (exact) mass is 574 g/mol. The number of non-ortho nitro benzene ring substituents is 1. The van der Waals surface area contributed by atoms with Crippen LogP contribution >= 0.6 is 0 Å². The van der Waals surface area contributed by atoms with E-state index in [4.69, 9.17) is 4.74 Å². The molecule has 11 heteroatoms. The fourth-order valence-corrected chi connectivity index (χ4v) is 5.62. The fraction of sp³-hybridized carbons (Fsp3) is 0.452. The zero-order chi connectivity index (χ0) is 29.9. The number of hydrogen-bond donors (Lipinski definition) is 0. The zero-order valence-corrected chi connectivity index (χ0v) is 24.4. The first-order valence-electron chi connectivity index (χ1n) is 14.5. The largest absolute Gasteiger partial charge is 0.444 e. The van der Waals surface area contributed by atoms with Crippen LogP contribution in [0, 0.1) is 10.1 Å². The number of aromatic nitrogens is 2. The summed E-state index contributed by atoms with van der Waals surface area (Å²) in [5.41, 5.74) is 2.64. The van der Waals surface area contributed by atoms with Crippen molar-refractivity contribution in [3.63, 3.8) is 0 Å². The molecule has 2 amide bonds. The number of benzene rings is 2. The lowest BCUT2D eigenvalue weighted by Gasteiger charge is -2.36. The van der Waals surface area contributed by atoms with Crippen LogP contribution in [-0.2, 0) is 11.3 Å². The van der Waals surface area contributed by atoms with Gasteiger partial charge in [-0.3, -0.25) is 19.8 Å². The first kappa shape index (κ1) is 29.2. The van der Waals surface area contributed by atoms with Gasteiger partial charge in [-0.25, -0.2) is 9.48 Å². The summed E-state index contributed by atoms with van der Waals surface area (Å²) in [6.45, 7) is 10.2. The number of ether oxygens (including phenoxy) is 1. The van der Waals surface area contributed by atoms with Crippen molar-refractivity contribution in [1.29, 1.82) is 0 Å². The number of rotatable bonds is 6. The lowest BCUT2D eigenvalue weighted by Crippen LogP contribution is -2.48. The highest BCUT2D eigenvalue weighted by Crippen LogP contribution is 2.34. The second-order valence-corrected chi connectivity index (χ2v) is 11.9. The number of nitro groups is 1. The molecule has 0 aliphatic carbocycles. The van der Waals surface area contributed by atoms with Gasteiger partial charge >= 0.3 is 6.09 Å². The molecule has 42 heavy (non-hydrogen) atoms. The van der Waals surface area contributed by atoms with Crippen LogP contribution in [0.5, 0.6) is 0 Å². The van der Waals surface area contributed by atoms with Gasteiger partial charge in [0.15, 0.2) is 0 Å². The molecule has 0 unspecified atom stereocenters. The summed E-state index contributed by atoms with van der Waals surface area (Å²) in [5, 5.41) is 15.8. The van der Waals surface area contributed by atoms with Crippen LogP contribution in [-0.4, -0.2) is 86.3 Å². The van der Waals surface area contributed by atoms with E-state index in [9.17, 15) is 19.7 Å². The second kappa shape index (κ2) is 12.3. The minimum absolute atomic E-state index is 0.0113. The Hall–Kier alpha value is -4.25. The number of amides is 2. The van der Waals surface area contributed by atoms with Gasteiger partial charge in [-0.1, -0.05) is 30.3 Å². The minimum atomic E-state index is -0.576. The average molecular weight is 575 g/mol. The van der Waals surface area contributed by atoms with E-state index in [1.165, 1.54) is 17.7 Å². The molecule has 2 aliphatic rings. The van der Waals surface area contributed by atoms with E-state index in [2.05, 4.69) is 22.1 Å². The van der Waals surface area contributed by atoms with E-state index in [1.54, 1.807) is 27.9 Å². The van der Waals surface area contributed by atoms with Crippen molar-refractivity contribution in [2.24, 2.45) is 0 Å². The van der Waals surface area contributed by atoms with Gasteiger partial charge in [-0.2, -0.15) is 5.10 Å². The van der Waals surface area contributed by atoms with Gasteiger partial charge < -0.3 is 14.5 Å². The van der Waals surface area contributed by atoms with E-state index >= 15 is 0 Å². The summed E-state index contributed by atoms with van der Waals surface area (Å²) in [5.74, 6) is -0.0909. The van der Waals surface area contributed by atoms with Crippen molar-refractivity contribution in [2.45, 2.75) is 51.7 Å². The summed E-state index contributed by atoms with van der Waals surface area (Å²) in [6, 6.07) is 16.5. The predicted octanol–water partition coefficient (Wildman–Crippen LogP) is 4.85. The van der Waals surface area contributed by atoms with E-state index in [0.717, 1.165) is 25.3 Å². The smallest absolute Gasteiger partial charge is 0.410 e. The van der Waals surface area contributed by atoms with E-state index in [-0.39, 0.29) is 23.6 Å². The molecule has 2 fully saturated rings. The number of carbonyl (C=O) groups is 2. The molecule has 222 valence electrons. The van der Waals surface area contributed by atoms with Gasteiger partial charge in [0.2, 0.25) is 0 Å². The van der Waals surface area contributed by atoms with Crippen molar-refractivity contribution >= 4 is 17.7 Å². The maximum absolute atomic E-state index is 13.9. The molecule has 0 bridgehead atoms. The van der Waals surface area contributed by atoms with Gasteiger partial charge in [-0.15, -0.1) is 0 Å². The molecule has 3 aromatic rings. The molecule has 1 aromatic heterocycles. The van der Waals surface area contributed by atoms with Crippen molar-refractivity contribution < 1.29 is 19.2 Å². The Morgan fingerprint density at radius 3 is 2.17 bits per heavy atom. The number of nitrogens with zero attached hydrogens (tertiary/aromatic N) is 6. The maximum atomic E-state index is 13.9. The molecule has 0 spiro atoms. The molecule has 2 aromatic carbocycles. The fourth-order valence-electron chi connectivity index (χ4n) is 5.62. The Kier molecular flexibility index (Phi) is 8.58. The lowest BCUT2D eigenvalue weighted by atomic mass is 9.90. The molecule has 0 N–H and O–H groups in total. The summed E-state index contributed by atoms with van der Waals surface area (Å²) < 4.78 is 7.30. The standard InChI is InChI=1S/C31H38N6O5/c1-31(2,3)42-30(39)35-15-13-24(14-16-35)28-27(21-32-36(28)25-9-11-26(12-10-25)37(40)41)29(38)34-19-17-33(18-20-34)22-23-7-5-4-6-8-23/h4-12,21,24H,13-20,22H2,1-3H3. The quantitative estimate of drug-likeness (QED) is 0.305. The number of piperidine rings is 1. The Bertz CT molecular complexity index is 1400. The second-order valence-electron chi connectivity index (χ2n) is 11.9. The van der Waals surface area contributed by atoms with Crippen molar-refractivity contribution in [2.75, 3.05) is 39.3 Å². The average Bonchev–Trinajstić information content (AvgIpc) is 3.42. The third-order valence-electron chi connectivity index (χ3n) is 7.78. The van der Waals surface area contributed by atoms with Crippen LogP contribution < -0.4 is 0 Å². The number of likely N-dealkylation sites (tertiary alicyclic amines) is 1. The Morgan fingerprint density at radius 1 is 0.929 bits per heavy atom. The van der Waals surface area contributed by atoms with E-state index < -0.39 is 10.5 Å². The Balaban J connectivity index is 1.35. The van der Waals surface area contributed by atoms with E-state index in [1.807, 2.05) is 43.9 Å². The highest BCUT2D eigenvalue weighted by Gasteiger charge is 2.34. The van der Waals surface area contributed by atoms with Crippen LogP contribution in [0.4, 0.5) is 10.5 Å². The molecule has 2 aliphatic heterocycles. The number of piperazine rings is 1. The summed E-state index contributed by atoms with van der Waals surface area (Å²) in [6.07, 6.45) is 2.57. The normalized spacial score (nSPS) is 16.8.